The maximum absolute atomic E-state index is 12.0. The molecule has 0 aliphatic heterocycles. The van der Waals surface area contributed by atoms with Crippen molar-refractivity contribution >= 4 is 44.8 Å². The fourth-order valence-corrected chi connectivity index (χ4v) is 4.14. The molecule has 1 heterocycles. The lowest BCUT2D eigenvalue weighted by atomic mass is 10.2. The number of amides is 1. The van der Waals surface area contributed by atoms with Crippen LogP contribution in [0.3, 0.4) is 0 Å². The molecule has 2 aromatic rings. The fraction of sp³-hybridized carbons (Fsp3) is 0.143. The van der Waals surface area contributed by atoms with E-state index in [1.54, 1.807) is 30.3 Å². The van der Waals surface area contributed by atoms with E-state index in [9.17, 15) is 18.0 Å². The summed E-state index contributed by atoms with van der Waals surface area (Å²) in [6.45, 7) is -0.538. The lowest BCUT2D eigenvalue weighted by Gasteiger charge is -2.04. The third-order valence-corrected chi connectivity index (χ3v) is 6.08. The van der Waals surface area contributed by atoms with Gasteiger partial charge >= 0.3 is 5.97 Å². The van der Waals surface area contributed by atoms with Crippen molar-refractivity contribution in [3.8, 4) is 0 Å². The molecular weight excluding hydrogens is 376 g/mol. The minimum Gasteiger partial charge on any atom is -0.480 e. The van der Waals surface area contributed by atoms with Crippen LogP contribution < -0.4 is 10.0 Å². The molecule has 0 bridgehead atoms. The lowest BCUT2D eigenvalue weighted by molar-refractivity contribution is -0.135. The summed E-state index contributed by atoms with van der Waals surface area (Å²) in [5.41, 5.74) is 0.437. The van der Waals surface area contributed by atoms with Crippen LogP contribution in [0.2, 0.25) is 5.02 Å². The number of nitrogens with one attached hydrogen (secondary N) is 2. The first-order chi connectivity index (χ1) is 11.3. The molecule has 0 atom stereocenters. The number of benzene rings is 1. The number of carbonyl (C=O) groups excluding carboxylic acids is 1. The second kappa shape index (κ2) is 7.75. The Kier molecular flexibility index (Phi) is 5.94. The SMILES string of the molecule is O=C(O)CNS(=O)(=O)c1ccc(CNC(=O)c2ccc(Cl)cc2)s1. The molecule has 1 aromatic heterocycles. The highest BCUT2D eigenvalue weighted by molar-refractivity contribution is 7.91. The number of carbonyl (C=O) groups is 2. The molecule has 1 amide bonds. The number of hydrogen-bond acceptors (Lipinski definition) is 5. The lowest BCUT2D eigenvalue weighted by Crippen LogP contribution is -2.28. The van der Waals surface area contributed by atoms with Crippen molar-refractivity contribution in [2.24, 2.45) is 0 Å². The van der Waals surface area contributed by atoms with Crippen molar-refractivity contribution in [1.29, 1.82) is 0 Å². The van der Waals surface area contributed by atoms with Crippen LogP contribution in [-0.4, -0.2) is 31.9 Å². The zero-order valence-electron chi connectivity index (χ0n) is 12.2. The highest BCUT2D eigenvalue weighted by atomic mass is 35.5. The van der Waals surface area contributed by atoms with Crippen LogP contribution in [-0.2, 0) is 21.4 Å². The van der Waals surface area contributed by atoms with Crippen LogP contribution in [0.15, 0.2) is 40.6 Å². The zero-order valence-corrected chi connectivity index (χ0v) is 14.5. The standard InChI is InChI=1S/C14H13ClN2O5S2/c15-10-3-1-9(2-4-10)14(20)16-7-11-5-6-13(23-11)24(21,22)17-8-12(18)19/h1-6,17H,7-8H2,(H,16,20)(H,18,19). The van der Waals surface area contributed by atoms with Gasteiger partial charge in [-0.25, -0.2) is 8.42 Å². The highest BCUT2D eigenvalue weighted by Gasteiger charge is 2.18. The van der Waals surface area contributed by atoms with Gasteiger partial charge in [-0.3, -0.25) is 9.59 Å². The first kappa shape index (κ1) is 18.4. The molecule has 24 heavy (non-hydrogen) atoms. The van der Waals surface area contributed by atoms with Crippen LogP contribution in [0.25, 0.3) is 0 Å². The summed E-state index contributed by atoms with van der Waals surface area (Å²) < 4.78 is 25.7. The maximum Gasteiger partial charge on any atom is 0.318 e. The number of rotatable bonds is 7. The molecule has 0 saturated carbocycles. The molecule has 0 unspecified atom stereocenters. The summed E-state index contributed by atoms with van der Waals surface area (Å²) in [5.74, 6) is -1.58. The number of hydrogen-bond donors (Lipinski definition) is 3. The maximum atomic E-state index is 12.0. The molecule has 2 rings (SSSR count). The first-order valence-electron chi connectivity index (χ1n) is 6.62. The Morgan fingerprint density at radius 3 is 2.42 bits per heavy atom. The van der Waals surface area contributed by atoms with E-state index in [2.05, 4.69) is 5.32 Å². The Morgan fingerprint density at radius 2 is 1.79 bits per heavy atom. The molecule has 0 radical (unpaired) electrons. The van der Waals surface area contributed by atoms with Crippen LogP contribution in [0.4, 0.5) is 0 Å². The van der Waals surface area contributed by atoms with E-state index in [0.29, 0.717) is 15.5 Å². The van der Waals surface area contributed by atoms with Gasteiger partial charge in [0.05, 0.1) is 6.54 Å². The summed E-state index contributed by atoms with van der Waals surface area (Å²) in [4.78, 5) is 23.0. The van der Waals surface area contributed by atoms with Gasteiger partial charge in [-0.1, -0.05) is 11.6 Å². The van der Waals surface area contributed by atoms with Gasteiger partial charge in [0.2, 0.25) is 0 Å². The number of aliphatic carboxylic acids is 1. The average Bonchev–Trinajstić information content (AvgIpc) is 3.01. The minimum atomic E-state index is -3.87. The first-order valence-corrected chi connectivity index (χ1v) is 9.29. The largest absolute Gasteiger partial charge is 0.480 e. The van der Waals surface area contributed by atoms with E-state index in [-0.39, 0.29) is 16.7 Å². The molecular formula is C14H13ClN2O5S2. The highest BCUT2D eigenvalue weighted by Crippen LogP contribution is 2.21. The zero-order chi connectivity index (χ0) is 17.7. The Labute approximate surface area is 147 Å². The van der Waals surface area contributed by atoms with Crippen molar-refractivity contribution in [2.75, 3.05) is 6.54 Å². The van der Waals surface area contributed by atoms with E-state index < -0.39 is 22.5 Å². The Balaban J connectivity index is 1.97. The van der Waals surface area contributed by atoms with Crippen LogP contribution in [0.1, 0.15) is 15.2 Å². The molecule has 0 aliphatic rings. The van der Waals surface area contributed by atoms with Gasteiger partial charge in [-0.05, 0) is 36.4 Å². The number of thiophene rings is 1. The number of carboxylic acid groups (broad SMARTS) is 1. The molecule has 3 N–H and O–H groups in total. The predicted molar refractivity (Wildman–Crippen MR) is 89.8 cm³/mol. The topological polar surface area (TPSA) is 113 Å². The molecule has 7 nitrogen and oxygen atoms in total. The Hall–Kier alpha value is -1.94. The third kappa shape index (κ3) is 5.03. The van der Waals surface area contributed by atoms with E-state index in [0.717, 1.165) is 11.3 Å². The van der Waals surface area contributed by atoms with E-state index in [1.807, 2.05) is 4.72 Å². The van der Waals surface area contributed by atoms with Gasteiger partial charge in [-0.15, -0.1) is 11.3 Å². The molecule has 0 saturated heterocycles. The predicted octanol–water partition coefficient (Wildman–Crippen LogP) is 1.69. The van der Waals surface area contributed by atoms with E-state index in [4.69, 9.17) is 16.7 Å². The van der Waals surface area contributed by atoms with Crippen LogP contribution in [0.5, 0.6) is 0 Å². The Morgan fingerprint density at radius 1 is 1.12 bits per heavy atom. The fourth-order valence-electron chi connectivity index (χ4n) is 1.70. The third-order valence-electron chi connectivity index (χ3n) is 2.84. The number of halogens is 1. The van der Waals surface area contributed by atoms with Crippen LogP contribution in [0, 0.1) is 0 Å². The van der Waals surface area contributed by atoms with Gasteiger partial charge in [-0.2, -0.15) is 4.72 Å². The van der Waals surface area contributed by atoms with Crippen molar-refractivity contribution < 1.29 is 23.1 Å². The van der Waals surface area contributed by atoms with Crippen molar-refractivity contribution in [1.82, 2.24) is 10.0 Å². The molecule has 0 spiro atoms. The summed E-state index contributed by atoms with van der Waals surface area (Å²) in [6, 6.07) is 9.27. The molecule has 0 fully saturated rings. The molecule has 0 aliphatic carbocycles. The average molecular weight is 389 g/mol. The van der Waals surface area contributed by atoms with Crippen molar-refractivity contribution in [3.05, 3.63) is 51.9 Å². The van der Waals surface area contributed by atoms with Crippen molar-refractivity contribution in [3.63, 3.8) is 0 Å². The number of carboxylic acids is 1. The second-order valence-corrected chi connectivity index (χ2v) is 8.23. The van der Waals surface area contributed by atoms with Crippen molar-refractivity contribution in [2.45, 2.75) is 10.8 Å². The van der Waals surface area contributed by atoms with E-state index >= 15 is 0 Å². The van der Waals surface area contributed by atoms with E-state index in [1.165, 1.54) is 6.07 Å². The van der Waals surface area contributed by atoms with Gasteiger partial charge in [0, 0.05) is 15.5 Å². The summed E-state index contributed by atoms with van der Waals surface area (Å²) in [5, 5.41) is 11.7. The van der Waals surface area contributed by atoms with Crippen LogP contribution >= 0.6 is 22.9 Å². The molecule has 10 heteroatoms. The van der Waals surface area contributed by atoms with Gasteiger partial charge in [0.1, 0.15) is 10.8 Å². The molecule has 1 aromatic carbocycles. The second-order valence-electron chi connectivity index (χ2n) is 4.63. The molecule has 128 valence electrons. The summed E-state index contributed by atoms with van der Waals surface area (Å²) >= 11 is 6.70. The van der Waals surface area contributed by atoms with Gasteiger partial charge < -0.3 is 10.4 Å². The summed E-state index contributed by atoms with van der Waals surface area (Å²) in [7, 11) is -3.87. The Bertz CT molecular complexity index is 846. The van der Waals surface area contributed by atoms with Gasteiger partial charge in [0.25, 0.3) is 15.9 Å². The number of sulfonamides is 1. The summed E-state index contributed by atoms with van der Waals surface area (Å²) in [6.07, 6.45) is 0. The quantitative estimate of drug-likeness (QED) is 0.668. The van der Waals surface area contributed by atoms with Gasteiger partial charge in [0.15, 0.2) is 0 Å². The normalized spacial score (nSPS) is 11.2. The smallest absolute Gasteiger partial charge is 0.318 e. The minimum absolute atomic E-state index is 0.0144. The monoisotopic (exact) mass is 388 g/mol.